The quantitative estimate of drug-likeness (QED) is 0.691. The molecule has 2 aromatic carbocycles. The van der Waals surface area contributed by atoms with Gasteiger partial charge in [0.2, 0.25) is 5.91 Å². The number of hydrogen-bond acceptors (Lipinski definition) is 4. The molecule has 2 saturated heterocycles. The first-order valence-corrected chi connectivity index (χ1v) is 10.6. The number of amides is 1. The molecule has 27 heavy (non-hydrogen) atoms. The smallest absolute Gasteiger partial charge is 0.240 e. The highest BCUT2D eigenvalue weighted by Crippen LogP contribution is 2.36. The van der Waals surface area contributed by atoms with E-state index in [1.165, 1.54) is 25.7 Å². The average molecular weight is 381 g/mol. The van der Waals surface area contributed by atoms with E-state index in [0.29, 0.717) is 19.1 Å². The summed E-state index contributed by atoms with van der Waals surface area (Å²) >= 11 is 1.87. The van der Waals surface area contributed by atoms with Gasteiger partial charge in [0.25, 0.3) is 0 Å². The van der Waals surface area contributed by atoms with Crippen molar-refractivity contribution < 1.29 is 9.53 Å². The predicted octanol–water partition coefficient (Wildman–Crippen LogP) is 3.88. The lowest BCUT2D eigenvalue weighted by Crippen LogP contribution is -2.49. The van der Waals surface area contributed by atoms with E-state index >= 15 is 0 Å². The van der Waals surface area contributed by atoms with Crippen molar-refractivity contribution in [2.45, 2.75) is 25.4 Å². The van der Waals surface area contributed by atoms with Crippen LogP contribution in [0.3, 0.4) is 0 Å². The van der Waals surface area contributed by atoms with Crippen LogP contribution < -0.4 is 0 Å². The van der Waals surface area contributed by atoms with E-state index < -0.39 is 0 Å². The minimum Gasteiger partial charge on any atom is -0.378 e. The molecule has 2 aliphatic heterocycles. The summed E-state index contributed by atoms with van der Waals surface area (Å²) in [5.41, 5.74) is 1.34. The third kappa shape index (κ3) is 3.14. The fraction of sp³-hybridized carbons (Fsp3) is 0.409. The van der Waals surface area contributed by atoms with Gasteiger partial charge in [-0.2, -0.15) is 0 Å². The molecule has 1 aromatic heterocycles. The predicted molar refractivity (Wildman–Crippen MR) is 110 cm³/mol. The van der Waals surface area contributed by atoms with Gasteiger partial charge in [-0.1, -0.05) is 36.4 Å². The van der Waals surface area contributed by atoms with Gasteiger partial charge in [0, 0.05) is 39.8 Å². The van der Waals surface area contributed by atoms with Gasteiger partial charge in [0.1, 0.15) is 0 Å². The Bertz CT molecular complexity index is 977. The molecule has 0 aliphatic carbocycles. The molecular formula is C22H24N2O2S. The van der Waals surface area contributed by atoms with Crippen molar-refractivity contribution in [3.8, 4) is 0 Å². The number of likely N-dealkylation sites (tertiary alicyclic amines) is 1. The highest BCUT2D eigenvalue weighted by atomic mass is 32.1. The van der Waals surface area contributed by atoms with Crippen LogP contribution in [0.4, 0.5) is 0 Å². The van der Waals surface area contributed by atoms with Gasteiger partial charge in [-0.15, -0.1) is 11.3 Å². The Morgan fingerprint density at radius 3 is 2.74 bits per heavy atom. The number of benzene rings is 2. The Hall–Kier alpha value is -1.95. The molecule has 3 heterocycles. The Kier molecular flexibility index (Phi) is 4.60. The van der Waals surface area contributed by atoms with E-state index in [-0.39, 0.29) is 6.04 Å². The fourth-order valence-electron chi connectivity index (χ4n) is 4.44. The second-order valence-electron chi connectivity index (χ2n) is 7.46. The van der Waals surface area contributed by atoms with Gasteiger partial charge in [-0.25, -0.2) is 0 Å². The summed E-state index contributed by atoms with van der Waals surface area (Å²) in [5, 5.41) is 2.67. The summed E-state index contributed by atoms with van der Waals surface area (Å²) in [6, 6.07) is 15.2. The standard InChI is InChI=1S/C22H24N2O2S/c25-22(23-11-13-26-14-12-23)19-8-4-10-24(19)15-16-5-3-7-18-17-6-1-2-9-20(17)27-21(16)18/h1-3,5-7,9,19H,4,8,10-15H2/t19-/m0/s1. The molecular weight excluding hydrogens is 356 g/mol. The molecule has 5 rings (SSSR count). The molecule has 4 nitrogen and oxygen atoms in total. The maximum atomic E-state index is 13.0. The number of nitrogens with zero attached hydrogens (tertiary/aromatic N) is 2. The lowest BCUT2D eigenvalue weighted by molar-refractivity contribution is -0.140. The first-order chi connectivity index (χ1) is 13.3. The largest absolute Gasteiger partial charge is 0.378 e. The van der Waals surface area contributed by atoms with Crippen LogP contribution in [0.2, 0.25) is 0 Å². The van der Waals surface area contributed by atoms with Crippen molar-refractivity contribution in [1.82, 2.24) is 9.80 Å². The lowest BCUT2D eigenvalue weighted by Gasteiger charge is -2.32. The SMILES string of the molecule is O=C([C@@H]1CCCN1Cc1cccc2c1sc1ccccc12)N1CCOCC1. The van der Waals surface area contributed by atoms with Crippen molar-refractivity contribution in [2.24, 2.45) is 0 Å². The fourth-order valence-corrected chi connectivity index (χ4v) is 5.64. The number of hydrogen-bond donors (Lipinski definition) is 0. The van der Waals surface area contributed by atoms with Crippen LogP contribution in [-0.2, 0) is 16.1 Å². The molecule has 0 radical (unpaired) electrons. The molecule has 1 atom stereocenters. The van der Waals surface area contributed by atoms with Crippen LogP contribution in [0.1, 0.15) is 18.4 Å². The molecule has 0 unspecified atom stereocenters. The van der Waals surface area contributed by atoms with Crippen LogP contribution in [0.15, 0.2) is 42.5 Å². The zero-order valence-corrected chi connectivity index (χ0v) is 16.2. The minimum absolute atomic E-state index is 0.0211. The molecule has 0 saturated carbocycles. The van der Waals surface area contributed by atoms with E-state index in [2.05, 4.69) is 47.4 Å². The number of ether oxygens (including phenoxy) is 1. The van der Waals surface area contributed by atoms with Crippen LogP contribution in [0.5, 0.6) is 0 Å². The summed E-state index contributed by atoms with van der Waals surface area (Å²) in [6.07, 6.45) is 2.07. The summed E-state index contributed by atoms with van der Waals surface area (Å²) in [5.74, 6) is 0.291. The highest BCUT2D eigenvalue weighted by molar-refractivity contribution is 7.26. The van der Waals surface area contributed by atoms with E-state index in [0.717, 1.165) is 39.0 Å². The number of rotatable bonds is 3. The summed E-state index contributed by atoms with van der Waals surface area (Å²) in [6.45, 7) is 4.65. The van der Waals surface area contributed by atoms with Crippen LogP contribution in [0, 0.1) is 0 Å². The van der Waals surface area contributed by atoms with Crippen molar-refractivity contribution in [1.29, 1.82) is 0 Å². The molecule has 2 aliphatic rings. The van der Waals surface area contributed by atoms with Crippen molar-refractivity contribution in [3.63, 3.8) is 0 Å². The summed E-state index contributed by atoms with van der Waals surface area (Å²) in [4.78, 5) is 17.4. The first kappa shape index (κ1) is 17.2. The second kappa shape index (κ2) is 7.23. The van der Waals surface area contributed by atoms with Crippen molar-refractivity contribution in [2.75, 3.05) is 32.8 Å². The molecule has 5 heteroatoms. The number of thiophene rings is 1. The Labute approximate surface area is 163 Å². The third-order valence-electron chi connectivity index (χ3n) is 5.83. The number of carbonyl (C=O) groups excluding carboxylic acids is 1. The summed E-state index contributed by atoms with van der Waals surface area (Å²) < 4.78 is 8.11. The van der Waals surface area contributed by atoms with Crippen LogP contribution in [0.25, 0.3) is 20.2 Å². The first-order valence-electron chi connectivity index (χ1n) is 9.81. The number of carbonyl (C=O) groups is 1. The molecule has 3 aromatic rings. The van der Waals surface area contributed by atoms with Gasteiger partial charge in [0.05, 0.1) is 19.3 Å². The number of morpholine rings is 1. The molecule has 140 valence electrons. The monoisotopic (exact) mass is 380 g/mol. The zero-order chi connectivity index (χ0) is 18.2. The topological polar surface area (TPSA) is 32.8 Å². The van der Waals surface area contributed by atoms with Gasteiger partial charge in [-0.3, -0.25) is 9.69 Å². The lowest BCUT2D eigenvalue weighted by atomic mass is 10.1. The maximum absolute atomic E-state index is 13.0. The summed E-state index contributed by atoms with van der Waals surface area (Å²) in [7, 11) is 0. The molecule has 1 amide bonds. The highest BCUT2D eigenvalue weighted by Gasteiger charge is 2.34. The van der Waals surface area contributed by atoms with Crippen LogP contribution >= 0.6 is 11.3 Å². The molecule has 0 N–H and O–H groups in total. The Balaban J connectivity index is 1.43. The van der Waals surface area contributed by atoms with E-state index in [1.807, 2.05) is 16.2 Å². The minimum atomic E-state index is 0.0211. The number of fused-ring (bicyclic) bond motifs is 3. The molecule has 0 spiro atoms. The van der Waals surface area contributed by atoms with E-state index in [9.17, 15) is 4.79 Å². The van der Waals surface area contributed by atoms with Gasteiger partial charge >= 0.3 is 0 Å². The van der Waals surface area contributed by atoms with Gasteiger partial charge in [0.15, 0.2) is 0 Å². The Morgan fingerprint density at radius 1 is 1.04 bits per heavy atom. The van der Waals surface area contributed by atoms with E-state index in [1.54, 1.807) is 0 Å². The van der Waals surface area contributed by atoms with Crippen molar-refractivity contribution >= 4 is 37.4 Å². The zero-order valence-electron chi connectivity index (χ0n) is 15.4. The normalized spacial score (nSPS) is 21.3. The van der Waals surface area contributed by atoms with Gasteiger partial charge < -0.3 is 9.64 Å². The van der Waals surface area contributed by atoms with Crippen LogP contribution in [-0.4, -0.2) is 54.6 Å². The van der Waals surface area contributed by atoms with Crippen molar-refractivity contribution in [3.05, 3.63) is 48.0 Å². The Morgan fingerprint density at radius 2 is 1.85 bits per heavy atom. The third-order valence-corrected chi connectivity index (χ3v) is 7.09. The maximum Gasteiger partial charge on any atom is 0.240 e. The average Bonchev–Trinajstić information content (AvgIpc) is 3.33. The van der Waals surface area contributed by atoms with Gasteiger partial charge in [-0.05, 0) is 31.0 Å². The van der Waals surface area contributed by atoms with E-state index in [4.69, 9.17) is 4.74 Å². The second-order valence-corrected chi connectivity index (χ2v) is 8.51. The molecule has 0 bridgehead atoms. The molecule has 2 fully saturated rings.